The van der Waals surface area contributed by atoms with Crippen LogP contribution in [0.1, 0.15) is 64.7 Å². The van der Waals surface area contributed by atoms with E-state index in [2.05, 4.69) is 13.0 Å². The number of aliphatic hydroxyl groups is 1. The fourth-order valence-electron chi connectivity index (χ4n) is 3.22. The van der Waals surface area contributed by atoms with Gasteiger partial charge in [-0.3, -0.25) is 0 Å². The zero-order valence-corrected chi connectivity index (χ0v) is 9.97. The summed E-state index contributed by atoms with van der Waals surface area (Å²) < 4.78 is 0. The van der Waals surface area contributed by atoms with E-state index in [4.69, 9.17) is 0 Å². The van der Waals surface area contributed by atoms with Crippen molar-refractivity contribution in [2.24, 2.45) is 5.92 Å². The van der Waals surface area contributed by atoms with Crippen LogP contribution in [0, 0.1) is 5.92 Å². The third-order valence-corrected chi connectivity index (χ3v) is 4.36. The molecular weight excluding hydrogens is 184 g/mol. The fourth-order valence-corrected chi connectivity index (χ4v) is 3.22. The van der Waals surface area contributed by atoms with Gasteiger partial charge in [0.2, 0.25) is 0 Å². The number of hydrogen-bond donors (Lipinski definition) is 1. The van der Waals surface area contributed by atoms with Crippen molar-refractivity contribution in [3.63, 3.8) is 0 Å². The van der Waals surface area contributed by atoms with Gasteiger partial charge in [-0.2, -0.15) is 0 Å². The van der Waals surface area contributed by atoms with E-state index in [0.717, 1.165) is 12.8 Å². The van der Waals surface area contributed by atoms with Crippen molar-refractivity contribution in [3.05, 3.63) is 11.6 Å². The van der Waals surface area contributed by atoms with Crippen LogP contribution in [0.2, 0.25) is 0 Å². The number of rotatable bonds is 1. The van der Waals surface area contributed by atoms with Crippen molar-refractivity contribution in [2.75, 3.05) is 0 Å². The molecule has 0 aliphatic heterocycles. The summed E-state index contributed by atoms with van der Waals surface area (Å²) in [6, 6.07) is 0. The van der Waals surface area contributed by atoms with E-state index in [1.54, 1.807) is 0 Å². The molecule has 2 rings (SSSR count). The standard InChI is InChI=1S/C14H24O/c1-12-8-7-11-14(12,15)13-9-5-3-2-4-6-10-13/h9,12,15H,2-8,10-11H2,1H3. The Kier molecular flexibility index (Phi) is 3.50. The van der Waals surface area contributed by atoms with Crippen molar-refractivity contribution in [2.45, 2.75) is 70.3 Å². The molecule has 1 nitrogen and oxygen atoms in total. The summed E-state index contributed by atoms with van der Waals surface area (Å²) in [7, 11) is 0. The first kappa shape index (κ1) is 11.2. The van der Waals surface area contributed by atoms with Gasteiger partial charge < -0.3 is 5.11 Å². The quantitative estimate of drug-likeness (QED) is 0.649. The minimum absolute atomic E-state index is 0.433. The van der Waals surface area contributed by atoms with Crippen LogP contribution in [0.5, 0.6) is 0 Å². The van der Waals surface area contributed by atoms with Crippen molar-refractivity contribution in [1.82, 2.24) is 0 Å². The maximum atomic E-state index is 10.7. The predicted octanol–water partition coefficient (Wildman–Crippen LogP) is 3.82. The van der Waals surface area contributed by atoms with Gasteiger partial charge in [0, 0.05) is 0 Å². The Balaban J connectivity index is 2.12. The van der Waals surface area contributed by atoms with E-state index in [0.29, 0.717) is 5.92 Å². The van der Waals surface area contributed by atoms with E-state index >= 15 is 0 Å². The summed E-state index contributed by atoms with van der Waals surface area (Å²) >= 11 is 0. The Morgan fingerprint density at radius 3 is 2.73 bits per heavy atom. The molecule has 86 valence electrons. The molecule has 2 aliphatic rings. The maximum Gasteiger partial charge on any atom is 0.0882 e. The number of allylic oxidation sites excluding steroid dienone is 1. The molecule has 0 bridgehead atoms. The van der Waals surface area contributed by atoms with Gasteiger partial charge in [-0.25, -0.2) is 0 Å². The summed E-state index contributed by atoms with van der Waals surface area (Å²) in [6.45, 7) is 2.21. The normalized spacial score (nSPS) is 38.3. The van der Waals surface area contributed by atoms with Crippen molar-refractivity contribution < 1.29 is 5.11 Å². The lowest BCUT2D eigenvalue weighted by Crippen LogP contribution is -2.34. The molecule has 2 atom stereocenters. The van der Waals surface area contributed by atoms with Gasteiger partial charge in [0.15, 0.2) is 0 Å². The molecule has 2 aliphatic carbocycles. The molecule has 0 saturated heterocycles. The lowest BCUT2D eigenvalue weighted by atomic mass is 9.80. The fraction of sp³-hybridized carbons (Fsp3) is 0.857. The van der Waals surface area contributed by atoms with Crippen molar-refractivity contribution >= 4 is 0 Å². The van der Waals surface area contributed by atoms with E-state index in [1.807, 2.05) is 0 Å². The zero-order valence-electron chi connectivity index (χ0n) is 9.97. The van der Waals surface area contributed by atoms with Crippen LogP contribution >= 0.6 is 0 Å². The zero-order chi connectivity index (χ0) is 10.7. The Hall–Kier alpha value is -0.300. The van der Waals surface area contributed by atoms with Crippen molar-refractivity contribution in [1.29, 1.82) is 0 Å². The largest absolute Gasteiger partial charge is 0.385 e. The summed E-state index contributed by atoms with van der Waals surface area (Å²) in [5.41, 5.74) is 0.935. The van der Waals surface area contributed by atoms with Crippen LogP contribution in [-0.2, 0) is 0 Å². The van der Waals surface area contributed by atoms with E-state index in [9.17, 15) is 5.11 Å². The first-order valence-electron chi connectivity index (χ1n) is 6.65. The van der Waals surface area contributed by atoms with Crippen LogP contribution in [0.15, 0.2) is 11.6 Å². The summed E-state index contributed by atoms with van der Waals surface area (Å²) in [5, 5.41) is 10.7. The van der Waals surface area contributed by atoms with E-state index < -0.39 is 5.60 Å². The molecule has 1 saturated carbocycles. The molecule has 1 fully saturated rings. The Morgan fingerprint density at radius 1 is 1.20 bits per heavy atom. The molecule has 0 spiro atoms. The lowest BCUT2D eigenvalue weighted by molar-refractivity contribution is 0.0420. The highest BCUT2D eigenvalue weighted by atomic mass is 16.3. The Bertz CT molecular complexity index is 244. The Labute approximate surface area is 93.6 Å². The molecule has 0 heterocycles. The second-order valence-electron chi connectivity index (χ2n) is 5.40. The van der Waals surface area contributed by atoms with Crippen LogP contribution < -0.4 is 0 Å². The molecule has 2 unspecified atom stereocenters. The van der Waals surface area contributed by atoms with Gasteiger partial charge in [0.05, 0.1) is 5.60 Å². The average Bonchev–Trinajstić information content (AvgIpc) is 2.47. The second-order valence-corrected chi connectivity index (χ2v) is 5.40. The van der Waals surface area contributed by atoms with Crippen molar-refractivity contribution in [3.8, 4) is 0 Å². The monoisotopic (exact) mass is 208 g/mol. The lowest BCUT2D eigenvalue weighted by Gasteiger charge is -2.32. The molecule has 15 heavy (non-hydrogen) atoms. The SMILES string of the molecule is CC1CCCC1(O)C1=CCCCCCC1. The highest BCUT2D eigenvalue weighted by molar-refractivity contribution is 5.20. The Morgan fingerprint density at radius 2 is 2.00 bits per heavy atom. The van der Waals surface area contributed by atoms with Gasteiger partial charge in [0.25, 0.3) is 0 Å². The first-order chi connectivity index (χ1) is 7.23. The summed E-state index contributed by atoms with van der Waals surface area (Å²) in [6.07, 6.45) is 13.4. The van der Waals surface area contributed by atoms with Crippen LogP contribution in [0.25, 0.3) is 0 Å². The smallest absolute Gasteiger partial charge is 0.0882 e. The summed E-state index contributed by atoms with van der Waals surface area (Å²) in [5.74, 6) is 0.475. The van der Waals surface area contributed by atoms with Gasteiger partial charge in [0.1, 0.15) is 0 Å². The predicted molar refractivity (Wildman–Crippen MR) is 63.7 cm³/mol. The highest BCUT2D eigenvalue weighted by Gasteiger charge is 2.40. The van der Waals surface area contributed by atoms with Crippen LogP contribution in [0.4, 0.5) is 0 Å². The molecule has 0 radical (unpaired) electrons. The van der Waals surface area contributed by atoms with Gasteiger partial charge in [-0.15, -0.1) is 0 Å². The summed E-state index contributed by atoms with van der Waals surface area (Å²) in [4.78, 5) is 0. The topological polar surface area (TPSA) is 20.2 Å². The molecule has 0 aromatic rings. The molecule has 0 aromatic carbocycles. The molecule has 1 N–H and O–H groups in total. The highest BCUT2D eigenvalue weighted by Crippen LogP contribution is 2.43. The van der Waals surface area contributed by atoms with Gasteiger partial charge in [-0.05, 0) is 56.4 Å². The molecule has 0 amide bonds. The minimum Gasteiger partial charge on any atom is -0.385 e. The maximum absolute atomic E-state index is 10.7. The minimum atomic E-state index is -0.433. The van der Waals surface area contributed by atoms with Crippen LogP contribution in [0.3, 0.4) is 0 Å². The molecular formula is C14H24O. The number of hydrogen-bond acceptors (Lipinski definition) is 1. The third-order valence-electron chi connectivity index (χ3n) is 4.36. The molecule has 0 aromatic heterocycles. The third kappa shape index (κ3) is 2.28. The second kappa shape index (κ2) is 4.69. The van der Waals surface area contributed by atoms with E-state index in [1.165, 1.54) is 50.5 Å². The molecule has 1 heteroatoms. The van der Waals surface area contributed by atoms with Crippen LogP contribution in [-0.4, -0.2) is 10.7 Å². The van der Waals surface area contributed by atoms with E-state index in [-0.39, 0.29) is 0 Å². The van der Waals surface area contributed by atoms with Gasteiger partial charge in [-0.1, -0.05) is 25.8 Å². The average molecular weight is 208 g/mol. The van der Waals surface area contributed by atoms with Gasteiger partial charge >= 0.3 is 0 Å². The first-order valence-corrected chi connectivity index (χ1v) is 6.65.